The van der Waals surface area contributed by atoms with Gasteiger partial charge in [-0.05, 0) is 25.8 Å². The molecule has 0 amide bonds. The van der Waals surface area contributed by atoms with Crippen molar-refractivity contribution in [3.63, 3.8) is 0 Å². The van der Waals surface area contributed by atoms with Crippen molar-refractivity contribution in [1.29, 1.82) is 0 Å². The quantitative estimate of drug-likeness (QED) is 0.844. The first-order valence-electron chi connectivity index (χ1n) is 6.51. The van der Waals surface area contributed by atoms with Crippen LogP contribution in [0, 0.1) is 6.92 Å². The number of benzene rings is 1. The van der Waals surface area contributed by atoms with E-state index in [9.17, 15) is 0 Å². The Morgan fingerprint density at radius 3 is 2.72 bits per heavy atom. The van der Waals surface area contributed by atoms with E-state index in [1.807, 2.05) is 19.3 Å². The molecule has 0 bridgehead atoms. The molecule has 0 aliphatic rings. The molecule has 3 heteroatoms. The van der Waals surface area contributed by atoms with Crippen molar-refractivity contribution in [2.45, 2.75) is 32.9 Å². The topological polar surface area (TPSA) is 29.9 Å². The number of nitrogens with one attached hydrogen (secondary N) is 1. The molecule has 1 unspecified atom stereocenters. The van der Waals surface area contributed by atoms with Crippen LogP contribution < -0.4 is 5.32 Å². The van der Waals surface area contributed by atoms with Crippen LogP contribution in [-0.2, 0) is 13.0 Å². The zero-order valence-corrected chi connectivity index (χ0v) is 11.1. The molecule has 96 valence electrons. The minimum absolute atomic E-state index is 0.497. The molecule has 0 aliphatic heterocycles. The Kier molecular flexibility index (Phi) is 4.53. The molecule has 0 saturated heterocycles. The van der Waals surface area contributed by atoms with Gasteiger partial charge in [0.1, 0.15) is 5.82 Å². The minimum Gasteiger partial charge on any atom is -0.334 e. The first-order chi connectivity index (χ1) is 8.75. The van der Waals surface area contributed by atoms with Gasteiger partial charge in [-0.2, -0.15) is 0 Å². The largest absolute Gasteiger partial charge is 0.334 e. The lowest BCUT2D eigenvalue weighted by Crippen LogP contribution is -2.31. The highest BCUT2D eigenvalue weighted by Gasteiger charge is 2.03. The molecule has 2 aromatic rings. The van der Waals surface area contributed by atoms with Gasteiger partial charge in [-0.25, -0.2) is 4.98 Å². The molecule has 1 aromatic heterocycles. The average Bonchev–Trinajstić information content (AvgIpc) is 2.76. The number of hydrogen-bond donors (Lipinski definition) is 1. The summed E-state index contributed by atoms with van der Waals surface area (Å²) in [5.41, 5.74) is 1.39. The van der Waals surface area contributed by atoms with Crippen LogP contribution in [-0.4, -0.2) is 22.1 Å². The van der Waals surface area contributed by atoms with Crippen LogP contribution in [0.1, 0.15) is 18.3 Å². The van der Waals surface area contributed by atoms with Gasteiger partial charge in [-0.15, -0.1) is 0 Å². The van der Waals surface area contributed by atoms with Gasteiger partial charge in [-0.3, -0.25) is 0 Å². The Morgan fingerprint density at radius 2 is 2.06 bits per heavy atom. The number of hydrogen-bond acceptors (Lipinski definition) is 2. The second kappa shape index (κ2) is 6.36. The summed E-state index contributed by atoms with van der Waals surface area (Å²) in [6.07, 6.45) is 4.95. The molecule has 0 saturated carbocycles. The van der Waals surface area contributed by atoms with Crippen LogP contribution in [0.15, 0.2) is 42.7 Å². The summed E-state index contributed by atoms with van der Waals surface area (Å²) in [7, 11) is 0. The van der Waals surface area contributed by atoms with Crippen molar-refractivity contribution in [2.24, 2.45) is 0 Å². The molecule has 18 heavy (non-hydrogen) atoms. The summed E-state index contributed by atoms with van der Waals surface area (Å²) in [5, 5.41) is 3.55. The summed E-state index contributed by atoms with van der Waals surface area (Å²) < 4.78 is 2.17. The maximum Gasteiger partial charge on any atom is 0.105 e. The molecule has 1 aromatic carbocycles. The summed E-state index contributed by atoms with van der Waals surface area (Å²) in [5.74, 6) is 1.08. The summed E-state index contributed by atoms with van der Waals surface area (Å²) in [4.78, 5) is 4.22. The van der Waals surface area contributed by atoms with Crippen molar-refractivity contribution in [3.05, 3.63) is 54.1 Å². The first kappa shape index (κ1) is 12.8. The van der Waals surface area contributed by atoms with E-state index in [4.69, 9.17) is 0 Å². The van der Waals surface area contributed by atoms with E-state index in [1.54, 1.807) is 0 Å². The standard InChI is InChI=1S/C15H21N3/c1-13(12-15-6-4-3-5-7-15)16-8-10-18-11-9-17-14(18)2/h3-7,9,11,13,16H,8,10,12H2,1-2H3. The molecule has 1 atom stereocenters. The van der Waals surface area contributed by atoms with Gasteiger partial charge >= 0.3 is 0 Å². The summed E-state index contributed by atoms with van der Waals surface area (Å²) in [6.45, 7) is 6.22. The predicted molar refractivity (Wildman–Crippen MR) is 74.6 cm³/mol. The van der Waals surface area contributed by atoms with Crippen molar-refractivity contribution in [1.82, 2.24) is 14.9 Å². The summed E-state index contributed by atoms with van der Waals surface area (Å²) >= 11 is 0. The van der Waals surface area contributed by atoms with Crippen molar-refractivity contribution in [2.75, 3.05) is 6.54 Å². The van der Waals surface area contributed by atoms with Crippen molar-refractivity contribution >= 4 is 0 Å². The van der Waals surface area contributed by atoms with Crippen LogP contribution in [0.3, 0.4) is 0 Å². The van der Waals surface area contributed by atoms with E-state index in [0.717, 1.165) is 25.3 Å². The highest BCUT2D eigenvalue weighted by molar-refractivity contribution is 5.15. The lowest BCUT2D eigenvalue weighted by molar-refractivity contribution is 0.508. The lowest BCUT2D eigenvalue weighted by atomic mass is 10.1. The van der Waals surface area contributed by atoms with E-state index < -0.39 is 0 Å². The number of aromatic nitrogens is 2. The van der Waals surface area contributed by atoms with E-state index >= 15 is 0 Å². The molecule has 1 N–H and O–H groups in total. The van der Waals surface area contributed by atoms with Crippen LogP contribution in [0.5, 0.6) is 0 Å². The monoisotopic (exact) mass is 243 g/mol. The van der Waals surface area contributed by atoms with Crippen molar-refractivity contribution in [3.8, 4) is 0 Å². The van der Waals surface area contributed by atoms with Crippen LogP contribution in [0.2, 0.25) is 0 Å². The second-order valence-electron chi connectivity index (χ2n) is 4.71. The fourth-order valence-corrected chi connectivity index (χ4v) is 2.11. The van der Waals surface area contributed by atoms with Gasteiger partial charge in [0, 0.05) is 31.5 Å². The Labute approximate surface area is 109 Å². The number of rotatable bonds is 6. The van der Waals surface area contributed by atoms with Crippen molar-refractivity contribution < 1.29 is 0 Å². The van der Waals surface area contributed by atoms with Gasteiger partial charge in [-0.1, -0.05) is 30.3 Å². The molecule has 2 rings (SSSR count). The Hall–Kier alpha value is -1.61. The molecule has 0 spiro atoms. The highest BCUT2D eigenvalue weighted by atomic mass is 15.1. The van der Waals surface area contributed by atoms with Crippen LogP contribution >= 0.6 is 0 Å². The second-order valence-corrected chi connectivity index (χ2v) is 4.71. The first-order valence-corrected chi connectivity index (χ1v) is 6.51. The normalized spacial score (nSPS) is 12.6. The third kappa shape index (κ3) is 3.70. The third-order valence-electron chi connectivity index (χ3n) is 3.15. The predicted octanol–water partition coefficient (Wildman–Crippen LogP) is 2.41. The molecule has 0 fully saturated rings. The van der Waals surface area contributed by atoms with Gasteiger partial charge in [0.15, 0.2) is 0 Å². The number of aryl methyl sites for hydroxylation is 1. The zero-order chi connectivity index (χ0) is 12.8. The SMILES string of the molecule is Cc1nccn1CCNC(C)Cc1ccccc1. The molecular weight excluding hydrogens is 222 g/mol. The fourth-order valence-electron chi connectivity index (χ4n) is 2.11. The van der Waals surface area contributed by atoms with Crippen LogP contribution in [0.25, 0.3) is 0 Å². The molecular formula is C15H21N3. The van der Waals surface area contributed by atoms with E-state index in [0.29, 0.717) is 6.04 Å². The smallest absolute Gasteiger partial charge is 0.105 e. The number of imidazole rings is 1. The van der Waals surface area contributed by atoms with E-state index in [1.165, 1.54) is 5.56 Å². The zero-order valence-electron chi connectivity index (χ0n) is 11.1. The molecule has 0 aliphatic carbocycles. The van der Waals surface area contributed by atoms with E-state index in [-0.39, 0.29) is 0 Å². The van der Waals surface area contributed by atoms with Gasteiger partial charge in [0.05, 0.1) is 0 Å². The maximum atomic E-state index is 4.22. The third-order valence-corrected chi connectivity index (χ3v) is 3.15. The molecule has 3 nitrogen and oxygen atoms in total. The Balaban J connectivity index is 1.72. The van der Waals surface area contributed by atoms with Gasteiger partial charge < -0.3 is 9.88 Å². The van der Waals surface area contributed by atoms with Gasteiger partial charge in [0.2, 0.25) is 0 Å². The molecule has 1 heterocycles. The van der Waals surface area contributed by atoms with Crippen LogP contribution in [0.4, 0.5) is 0 Å². The van der Waals surface area contributed by atoms with Gasteiger partial charge in [0.25, 0.3) is 0 Å². The maximum absolute atomic E-state index is 4.22. The highest BCUT2D eigenvalue weighted by Crippen LogP contribution is 2.02. The molecule has 0 radical (unpaired) electrons. The average molecular weight is 243 g/mol. The fraction of sp³-hybridized carbons (Fsp3) is 0.400. The Bertz CT molecular complexity index is 462. The minimum atomic E-state index is 0.497. The Morgan fingerprint density at radius 1 is 1.28 bits per heavy atom. The number of nitrogens with zero attached hydrogens (tertiary/aromatic N) is 2. The lowest BCUT2D eigenvalue weighted by Gasteiger charge is -2.14. The van der Waals surface area contributed by atoms with E-state index in [2.05, 4.69) is 52.1 Å². The summed E-state index contributed by atoms with van der Waals surface area (Å²) in [6, 6.07) is 11.1.